The molecule has 0 spiro atoms. The number of hydrogen-bond acceptors (Lipinski definition) is 2. The highest BCUT2D eigenvalue weighted by Crippen LogP contribution is 2.64. The van der Waals surface area contributed by atoms with Gasteiger partial charge < -0.3 is 8.85 Å². The SMILES string of the molecule is CCO[Si](CC(F)(F)C(F)(F)C(F)(F)C(F)(F)C(F)(F)C(F)(F)C(F)(F)C(F)(F)F)OCC. The summed E-state index contributed by atoms with van der Waals surface area (Å²) in [5.74, 6) is -56.4. The third-order valence-corrected chi connectivity index (χ3v) is 5.72. The summed E-state index contributed by atoms with van der Waals surface area (Å²) in [6.07, 6.45) is -7.77. The van der Waals surface area contributed by atoms with Crippen molar-refractivity contribution in [1.82, 2.24) is 0 Å². The van der Waals surface area contributed by atoms with Gasteiger partial charge >= 0.3 is 56.9 Å². The zero-order valence-electron chi connectivity index (χ0n) is 15.9. The monoisotopic (exact) mass is 551 g/mol. The van der Waals surface area contributed by atoms with Crippen molar-refractivity contribution in [3.8, 4) is 0 Å². The van der Waals surface area contributed by atoms with Crippen molar-refractivity contribution in [2.45, 2.75) is 67.5 Å². The average molecular weight is 551 g/mol. The van der Waals surface area contributed by atoms with Crippen molar-refractivity contribution < 1.29 is 83.5 Å². The third kappa shape index (κ3) is 4.87. The van der Waals surface area contributed by atoms with E-state index in [0.717, 1.165) is 13.8 Å². The van der Waals surface area contributed by atoms with Gasteiger partial charge in [-0.3, -0.25) is 0 Å². The molecule has 0 bridgehead atoms. The van der Waals surface area contributed by atoms with Crippen LogP contribution in [0.15, 0.2) is 0 Å². The van der Waals surface area contributed by atoms with Crippen molar-refractivity contribution in [3.05, 3.63) is 0 Å². The number of hydrogen-bond donors (Lipinski definition) is 0. The summed E-state index contributed by atoms with van der Waals surface area (Å²) < 4.78 is 232. The second kappa shape index (κ2) is 9.19. The first-order valence-electron chi connectivity index (χ1n) is 8.07. The van der Waals surface area contributed by atoms with Gasteiger partial charge in [0.05, 0.1) is 6.04 Å². The quantitative estimate of drug-likeness (QED) is 0.202. The minimum Gasteiger partial charge on any atom is -0.394 e. The predicted octanol–water partition coefficient (Wildman–Crippen LogP) is 6.56. The van der Waals surface area contributed by atoms with Crippen LogP contribution in [0.3, 0.4) is 0 Å². The Morgan fingerprint density at radius 1 is 0.455 bits per heavy atom. The summed E-state index contributed by atoms with van der Waals surface area (Å²) in [5.41, 5.74) is 0. The molecule has 1 radical (unpaired) electrons. The maximum absolute atomic E-state index is 13.8. The third-order valence-electron chi connectivity index (χ3n) is 3.76. The molecule has 0 aromatic carbocycles. The minimum atomic E-state index is -8.63. The van der Waals surface area contributed by atoms with E-state index in [1.54, 1.807) is 0 Å². The maximum atomic E-state index is 13.8. The highest BCUT2D eigenvalue weighted by Gasteiger charge is 2.95. The topological polar surface area (TPSA) is 18.5 Å². The molecule has 0 amide bonds. The van der Waals surface area contributed by atoms with Crippen LogP contribution in [-0.2, 0) is 8.85 Å². The number of rotatable bonds is 12. The summed E-state index contributed by atoms with van der Waals surface area (Å²) >= 11 is 0. The fraction of sp³-hybridized carbons (Fsp3) is 1.00. The van der Waals surface area contributed by atoms with Gasteiger partial charge in [0.2, 0.25) is 0 Å². The van der Waals surface area contributed by atoms with Gasteiger partial charge in [-0.25, -0.2) is 0 Å². The van der Waals surface area contributed by atoms with Crippen molar-refractivity contribution in [2.24, 2.45) is 0 Å². The van der Waals surface area contributed by atoms with Crippen LogP contribution in [0.5, 0.6) is 0 Å². The first kappa shape index (κ1) is 31.9. The van der Waals surface area contributed by atoms with Gasteiger partial charge in [-0.05, 0) is 13.8 Å². The van der Waals surface area contributed by atoms with Gasteiger partial charge in [0.15, 0.2) is 0 Å². The van der Waals surface area contributed by atoms with Crippen molar-refractivity contribution >= 4 is 9.28 Å². The summed E-state index contributed by atoms with van der Waals surface area (Å²) in [6, 6.07) is -2.67. The van der Waals surface area contributed by atoms with Crippen LogP contribution in [-0.4, -0.2) is 70.1 Å². The molecule has 0 fully saturated rings. The molecule has 0 saturated carbocycles. The van der Waals surface area contributed by atoms with Crippen molar-refractivity contribution in [2.75, 3.05) is 13.2 Å². The van der Waals surface area contributed by atoms with Crippen LogP contribution in [0.25, 0.3) is 0 Å². The summed E-state index contributed by atoms with van der Waals surface area (Å²) in [4.78, 5) is 0. The molecule has 0 aliphatic rings. The fourth-order valence-electron chi connectivity index (χ4n) is 1.95. The van der Waals surface area contributed by atoms with Crippen molar-refractivity contribution in [3.63, 3.8) is 0 Å². The molecule has 0 atom stereocenters. The van der Waals surface area contributed by atoms with Gasteiger partial charge in [-0.15, -0.1) is 0 Å². The lowest BCUT2D eigenvalue weighted by Gasteiger charge is -2.43. The van der Waals surface area contributed by atoms with Gasteiger partial charge in [0, 0.05) is 13.2 Å². The molecule has 0 aliphatic heterocycles. The largest absolute Gasteiger partial charge is 0.460 e. The molecule has 0 N–H and O–H groups in total. The van der Waals surface area contributed by atoms with Crippen LogP contribution in [0, 0.1) is 0 Å². The molecule has 199 valence electrons. The molecular formula is C13H12F17O2Si. The first-order valence-corrected chi connectivity index (χ1v) is 9.59. The van der Waals surface area contributed by atoms with E-state index in [2.05, 4.69) is 8.85 Å². The molecule has 33 heavy (non-hydrogen) atoms. The van der Waals surface area contributed by atoms with E-state index in [9.17, 15) is 74.6 Å². The van der Waals surface area contributed by atoms with Gasteiger partial charge in [0.1, 0.15) is 0 Å². The fourth-order valence-corrected chi connectivity index (χ4v) is 3.47. The zero-order valence-corrected chi connectivity index (χ0v) is 16.9. The first-order chi connectivity index (χ1) is 14.2. The second-order valence-corrected chi connectivity index (χ2v) is 7.74. The Hall–Kier alpha value is -1.05. The number of alkyl halides is 17. The minimum absolute atomic E-state index is 0.598. The molecule has 0 saturated heterocycles. The molecule has 0 aromatic rings. The Morgan fingerprint density at radius 3 is 1.00 bits per heavy atom. The van der Waals surface area contributed by atoms with Crippen LogP contribution < -0.4 is 0 Å². The lowest BCUT2D eigenvalue weighted by molar-refractivity contribution is -0.461. The molecule has 0 aromatic heterocycles. The maximum Gasteiger partial charge on any atom is 0.460 e. The summed E-state index contributed by atoms with van der Waals surface area (Å²) in [5, 5.41) is 0. The smallest absolute Gasteiger partial charge is 0.394 e. The zero-order chi connectivity index (χ0) is 27.1. The van der Waals surface area contributed by atoms with Crippen molar-refractivity contribution in [1.29, 1.82) is 0 Å². The molecule has 0 unspecified atom stereocenters. The van der Waals surface area contributed by atoms with E-state index in [1.165, 1.54) is 0 Å². The average Bonchev–Trinajstić information content (AvgIpc) is 2.59. The summed E-state index contributed by atoms with van der Waals surface area (Å²) in [7, 11) is -3.71. The Kier molecular flexibility index (Phi) is 8.90. The number of halogens is 17. The second-order valence-electron chi connectivity index (χ2n) is 6.06. The van der Waals surface area contributed by atoms with Crippen LogP contribution >= 0.6 is 0 Å². The Bertz CT molecular complexity index is 654. The van der Waals surface area contributed by atoms with E-state index in [4.69, 9.17) is 0 Å². The Morgan fingerprint density at radius 2 is 0.727 bits per heavy atom. The van der Waals surface area contributed by atoms with E-state index in [0.29, 0.717) is 0 Å². The standard InChI is InChI=1S/C13H12F17O2Si/c1-3-31-33(32-4-2)5-6(14,15)7(16,17)8(18,19)9(20,21)10(22,23)11(24,25)12(26,27)13(28,29)30/h3-5H2,1-2H3. The van der Waals surface area contributed by atoms with E-state index >= 15 is 0 Å². The van der Waals surface area contributed by atoms with E-state index in [-0.39, 0.29) is 0 Å². The normalized spacial score (nSPS) is 16.0. The Balaban J connectivity index is 6.58. The van der Waals surface area contributed by atoms with Crippen LogP contribution in [0.1, 0.15) is 13.8 Å². The van der Waals surface area contributed by atoms with Gasteiger partial charge in [0.25, 0.3) is 0 Å². The molecule has 0 heterocycles. The highest BCUT2D eigenvalue weighted by molar-refractivity contribution is 6.44. The molecule has 2 nitrogen and oxygen atoms in total. The van der Waals surface area contributed by atoms with E-state index in [1.807, 2.05) is 0 Å². The molecular weight excluding hydrogens is 539 g/mol. The van der Waals surface area contributed by atoms with Gasteiger partial charge in [-0.1, -0.05) is 0 Å². The highest BCUT2D eigenvalue weighted by atomic mass is 28.3. The molecule has 20 heteroatoms. The van der Waals surface area contributed by atoms with E-state index < -0.39 is 76.2 Å². The van der Waals surface area contributed by atoms with Crippen LogP contribution in [0.2, 0.25) is 6.04 Å². The summed E-state index contributed by atoms with van der Waals surface area (Å²) in [6.45, 7) is 0.872. The molecule has 0 rings (SSSR count). The lowest BCUT2D eigenvalue weighted by atomic mass is 9.89. The van der Waals surface area contributed by atoms with Crippen LogP contribution in [0.4, 0.5) is 74.6 Å². The Labute approximate surface area is 174 Å². The lowest BCUT2D eigenvalue weighted by Crippen LogP contribution is -2.74. The predicted molar refractivity (Wildman–Crippen MR) is 74.5 cm³/mol. The van der Waals surface area contributed by atoms with Gasteiger partial charge in [-0.2, -0.15) is 74.6 Å². The molecule has 0 aliphatic carbocycles.